The monoisotopic (exact) mass is 1110 g/mol. The molecule has 6 atom stereocenters. The summed E-state index contributed by atoms with van der Waals surface area (Å²) in [5, 5.41) is 31.6. The highest BCUT2D eigenvalue weighted by molar-refractivity contribution is 5.74. The Morgan fingerprint density at radius 3 is 1.15 bits per heavy atom. The number of carbonyl (C=O) groups is 4. The molecule has 0 amide bonds. The molecule has 1 heterocycles. The van der Waals surface area contributed by atoms with Crippen molar-refractivity contribution >= 4 is 23.9 Å². The van der Waals surface area contributed by atoms with Gasteiger partial charge in [0.15, 0.2) is 24.6 Å². The van der Waals surface area contributed by atoms with E-state index in [1.165, 1.54) is 64.2 Å². The average Bonchev–Trinajstić information content (AvgIpc) is 3.44. The van der Waals surface area contributed by atoms with Crippen LogP contribution in [0.1, 0.15) is 265 Å². The lowest BCUT2D eigenvalue weighted by molar-refractivity contribution is -0.301. The Balaban J connectivity index is 2.69. The van der Waals surface area contributed by atoms with Crippen molar-refractivity contribution in [2.24, 2.45) is 0 Å². The fourth-order valence-corrected chi connectivity index (χ4v) is 9.02. The number of carboxylic acids is 1. The molecule has 1 saturated heterocycles. The van der Waals surface area contributed by atoms with Crippen molar-refractivity contribution in [2.45, 2.75) is 302 Å². The van der Waals surface area contributed by atoms with Gasteiger partial charge in [-0.05, 0) is 122 Å². The minimum atomic E-state index is -1.92. The standard InChI is InChI=1S/C67H112O12/c1-4-7-10-13-16-19-22-25-28-29-30-31-34-37-40-43-46-49-52-55-61(70)78-65-63(72)62(71)64(66(73)74)79-67(65)76-57-58(77-60(69)54-51-48-45-42-39-36-33-27-24-21-18-15-12-9-6-3)56-75-59(68)53-50-47-44-41-38-35-32-26-23-20-17-14-11-8-5-2/h16-21,25-28,30-33,58,62-65,67,71-72H,4-15,22-24,29,34-57H2,1-3H3,(H,73,74)/b19-16-,20-17-,21-18-,28-25-,31-30-,32-26-,33-27-. The van der Waals surface area contributed by atoms with E-state index < -0.39 is 67.3 Å². The van der Waals surface area contributed by atoms with E-state index in [0.29, 0.717) is 19.3 Å². The summed E-state index contributed by atoms with van der Waals surface area (Å²) in [5.74, 6) is -3.17. The Morgan fingerprint density at radius 1 is 0.418 bits per heavy atom. The van der Waals surface area contributed by atoms with Gasteiger partial charge in [0.05, 0.1) is 6.61 Å². The molecule has 1 aliphatic rings. The van der Waals surface area contributed by atoms with Gasteiger partial charge < -0.3 is 39.0 Å². The first-order valence-corrected chi connectivity index (χ1v) is 31.6. The van der Waals surface area contributed by atoms with Gasteiger partial charge in [0.2, 0.25) is 0 Å². The molecule has 0 radical (unpaired) electrons. The van der Waals surface area contributed by atoms with Crippen LogP contribution < -0.4 is 0 Å². The Morgan fingerprint density at radius 2 is 0.759 bits per heavy atom. The predicted molar refractivity (Wildman–Crippen MR) is 321 cm³/mol. The lowest BCUT2D eigenvalue weighted by Crippen LogP contribution is -2.61. The number of carboxylic acid groups (broad SMARTS) is 1. The number of hydrogen-bond acceptors (Lipinski definition) is 11. The number of rotatable bonds is 53. The van der Waals surface area contributed by atoms with Gasteiger partial charge in [-0.3, -0.25) is 14.4 Å². The van der Waals surface area contributed by atoms with Crippen molar-refractivity contribution in [3.63, 3.8) is 0 Å². The van der Waals surface area contributed by atoms with Crippen molar-refractivity contribution in [1.29, 1.82) is 0 Å². The maximum atomic E-state index is 13.2. The number of aliphatic hydroxyl groups excluding tert-OH is 2. The van der Waals surface area contributed by atoms with Crippen molar-refractivity contribution in [3.8, 4) is 0 Å². The molecule has 12 heteroatoms. The van der Waals surface area contributed by atoms with Crippen LogP contribution in [0.25, 0.3) is 0 Å². The molecule has 0 bridgehead atoms. The van der Waals surface area contributed by atoms with Gasteiger partial charge in [0.25, 0.3) is 0 Å². The summed E-state index contributed by atoms with van der Waals surface area (Å²) >= 11 is 0. The molecular formula is C67H112O12. The molecule has 452 valence electrons. The number of hydrogen-bond donors (Lipinski definition) is 3. The summed E-state index contributed by atoms with van der Waals surface area (Å²) in [4.78, 5) is 51.2. The molecule has 0 aliphatic carbocycles. The third kappa shape index (κ3) is 44.3. The van der Waals surface area contributed by atoms with Gasteiger partial charge in [-0.25, -0.2) is 4.79 Å². The highest BCUT2D eigenvalue weighted by Crippen LogP contribution is 2.26. The Bertz CT molecular complexity index is 1700. The normalized spacial score (nSPS) is 18.4. The first-order chi connectivity index (χ1) is 38.6. The van der Waals surface area contributed by atoms with Gasteiger partial charge in [-0.15, -0.1) is 0 Å². The number of ether oxygens (including phenoxy) is 5. The van der Waals surface area contributed by atoms with E-state index in [1.54, 1.807) is 0 Å². The molecular weight excluding hydrogens is 997 g/mol. The SMILES string of the molecule is CCCCC/C=C\C/C=C\C/C=C\CCCCCCCCC(=O)OC1C(OCC(COC(=O)CCCCCCC/C=C\C/C=C\CCCCC)OC(=O)CCCCCCC/C=C\C/C=C\CCCCC)OC(C(=O)O)C(O)C1O. The molecule has 0 saturated carbocycles. The van der Waals surface area contributed by atoms with Crippen molar-refractivity contribution in [1.82, 2.24) is 0 Å². The summed E-state index contributed by atoms with van der Waals surface area (Å²) in [5.41, 5.74) is 0. The van der Waals surface area contributed by atoms with E-state index in [4.69, 9.17) is 23.7 Å². The Hall–Kier alpha value is -4.10. The molecule has 1 rings (SSSR count). The lowest BCUT2D eigenvalue weighted by Gasteiger charge is -2.40. The maximum Gasteiger partial charge on any atom is 0.335 e. The topological polar surface area (TPSA) is 175 Å². The van der Waals surface area contributed by atoms with Gasteiger partial charge in [-0.1, -0.05) is 209 Å². The molecule has 0 aromatic carbocycles. The molecule has 79 heavy (non-hydrogen) atoms. The first kappa shape index (κ1) is 72.9. The van der Waals surface area contributed by atoms with Crippen LogP contribution in [0.4, 0.5) is 0 Å². The minimum Gasteiger partial charge on any atom is -0.479 e. The fraction of sp³-hybridized carbons (Fsp3) is 0.731. The molecule has 1 fully saturated rings. The number of carbonyl (C=O) groups excluding carboxylic acids is 3. The highest BCUT2D eigenvalue weighted by atomic mass is 16.7. The van der Waals surface area contributed by atoms with Crippen LogP contribution >= 0.6 is 0 Å². The van der Waals surface area contributed by atoms with Gasteiger partial charge in [0, 0.05) is 19.3 Å². The van der Waals surface area contributed by atoms with E-state index in [2.05, 4.69) is 106 Å². The predicted octanol–water partition coefficient (Wildman–Crippen LogP) is 16.7. The van der Waals surface area contributed by atoms with Gasteiger partial charge >= 0.3 is 23.9 Å². The summed E-state index contributed by atoms with van der Waals surface area (Å²) in [7, 11) is 0. The zero-order chi connectivity index (χ0) is 57.5. The third-order valence-electron chi connectivity index (χ3n) is 13.9. The van der Waals surface area contributed by atoms with E-state index in [0.717, 1.165) is 141 Å². The van der Waals surface area contributed by atoms with E-state index in [1.807, 2.05) is 0 Å². The maximum absolute atomic E-state index is 13.2. The Labute approximate surface area is 480 Å². The van der Waals surface area contributed by atoms with Crippen LogP contribution in [0.5, 0.6) is 0 Å². The van der Waals surface area contributed by atoms with Crippen LogP contribution in [0.3, 0.4) is 0 Å². The molecule has 3 N–H and O–H groups in total. The molecule has 12 nitrogen and oxygen atoms in total. The summed E-state index contributed by atoms with van der Waals surface area (Å²) < 4.78 is 28.5. The molecule has 0 aromatic heterocycles. The number of allylic oxidation sites excluding steroid dienone is 14. The van der Waals surface area contributed by atoms with E-state index in [-0.39, 0.29) is 25.9 Å². The van der Waals surface area contributed by atoms with E-state index in [9.17, 15) is 34.5 Å². The lowest BCUT2D eigenvalue weighted by atomic mass is 9.98. The third-order valence-corrected chi connectivity index (χ3v) is 13.9. The molecule has 0 aromatic rings. The number of aliphatic hydroxyl groups is 2. The fourth-order valence-electron chi connectivity index (χ4n) is 9.02. The van der Waals surface area contributed by atoms with Crippen molar-refractivity contribution < 1.29 is 58.2 Å². The van der Waals surface area contributed by atoms with Crippen molar-refractivity contribution in [3.05, 3.63) is 85.1 Å². The second-order valence-electron chi connectivity index (χ2n) is 21.3. The van der Waals surface area contributed by atoms with Gasteiger partial charge in [0.1, 0.15) is 18.8 Å². The highest BCUT2D eigenvalue weighted by Gasteiger charge is 2.50. The van der Waals surface area contributed by atoms with Gasteiger partial charge in [-0.2, -0.15) is 0 Å². The summed E-state index contributed by atoms with van der Waals surface area (Å²) in [6.45, 7) is 5.90. The minimum absolute atomic E-state index is 0.0400. The smallest absolute Gasteiger partial charge is 0.335 e. The molecule has 1 aliphatic heterocycles. The summed E-state index contributed by atoms with van der Waals surface area (Å²) in [6.07, 6.45) is 58.2. The second-order valence-corrected chi connectivity index (χ2v) is 21.3. The largest absolute Gasteiger partial charge is 0.479 e. The first-order valence-electron chi connectivity index (χ1n) is 31.6. The van der Waals surface area contributed by atoms with Crippen molar-refractivity contribution in [2.75, 3.05) is 13.2 Å². The number of esters is 3. The summed E-state index contributed by atoms with van der Waals surface area (Å²) in [6, 6.07) is 0. The van der Waals surface area contributed by atoms with Crippen LogP contribution in [-0.2, 0) is 42.9 Å². The quantitative estimate of drug-likeness (QED) is 0.0228. The number of unbranched alkanes of at least 4 members (excludes halogenated alkanes) is 25. The second kappa shape index (κ2) is 54.5. The molecule has 6 unspecified atom stereocenters. The van der Waals surface area contributed by atoms with Crippen LogP contribution in [-0.4, -0.2) is 89.2 Å². The van der Waals surface area contributed by atoms with Crippen LogP contribution in [0.2, 0.25) is 0 Å². The average molecular weight is 1110 g/mol. The Kier molecular flexibility index (Phi) is 50.3. The van der Waals surface area contributed by atoms with E-state index >= 15 is 0 Å². The van der Waals surface area contributed by atoms with Crippen LogP contribution in [0, 0.1) is 0 Å². The zero-order valence-corrected chi connectivity index (χ0v) is 49.8. The van der Waals surface area contributed by atoms with Crippen LogP contribution in [0.15, 0.2) is 85.1 Å². The number of aliphatic carboxylic acids is 1. The molecule has 0 spiro atoms. The zero-order valence-electron chi connectivity index (χ0n) is 49.8.